The quantitative estimate of drug-likeness (QED) is 0.241. The summed E-state index contributed by atoms with van der Waals surface area (Å²) >= 11 is 0. The minimum atomic E-state index is -4.53. The zero-order chi connectivity index (χ0) is 35.4. The smallest absolute Gasteiger partial charge is 0.354 e. The van der Waals surface area contributed by atoms with Crippen LogP contribution >= 0.6 is 0 Å². The Balaban J connectivity index is 0.916. The molecule has 3 aliphatic rings. The van der Waals surface area contributed by atoms with Crippen LogP contribution in [0, 0.1) is 6.92 Å². The van der Waals surface area contributed by atoms with Gasteiger partial charge in [-0.2, -0.15) is 13.2 Å². The minimum Gasteiger partial charge on any atom is -0.354 e. The number of aromatic nitrogens is 4. The average Bonchev–Trinajstić information content (AvgIpc) is 3.72. The zero-order valence-electron chi connectivity index (χ0n) is 27.7. The molecule has 5 aromatic rings. The van der Waals surface area contributed by atoms with E-state index in [1.165, 1.54) is 10.1 Å². The summed E-state index contributed by atoms with van der Waals surface area (Å²) in [6.45, 7) is 5.49. The van der Waals surface area contributed by atoms with Gasteiger partial charge in [-0.05, 0) is 54.0 Å². The molecule has 0 saturated carbocycles. The van der Waals surface area contributed by atoms with E-state index < -0.39 is 23.8 Å². The second-order valence-corrected chi connectivity index (χ2v) is 13.2. The molecule has 8 rings (SSSR count). The van der Waals surface area contributed by atoms with Gasteiger partial charge in [0.25, 0.3) is 5.91 Å². The highest BCUT2D eigenvalue weighted by Gasteiger charge is 2.41. The van der Waals surface area contributed by atoms with E-state index in [1.54, 1.807) is 24.0 Å². The number of anilines is 2. The van der Waals surface area contributed by atoms with Gasteiger partial charge < -0.3 is 4.90 Å². The Hall–Kier alpha value is -5.63. The number of carbonyl (C=O) groups excluding carboxylic acids is 3. The molecule has 0 radical (unpaired) electrons. The van der Waals surface area contributed by atoms with Crippen molar-refractivity contribution in [1.29, 1.82) is 0 Å². The highest BCUT2D eigenvalue weighted by Crippen LogP contribution is 2.41. The summed E-state index contributed by atoms with van der Waals surface area (Å²) in [4.78, 5) is 56.3. The molecule has 0 unspecified atom stereocenters. The van der Waals surface area contributed by atoms with Crippen molar-refractivity contribution in [3.63, 3.8) is 0 Å². The van der Waals surface area contributed by atoms with E-state index in [2.05, 4.69) is 54.3 Å². The van der Waals surface area contributed by atoms with Gasteiger partial charge in [-0.3, -0.25) is 34.1 Å². The van der Waals surface area contributed by atoms with E-state index in [4.69, 9.17) is 0 Å². The predicted molar refractivity (Wildman–Crippen MR) is 183 cm³/mol. The Bertz CT molecular complexity index is 2190. The number of nitrogens with one attached hydrogen (secondary N) is 1. The molecule has 5 heterocycles. The first kappa shape index (κ1) is 32.6. The van der Waals surface area contributed by atoms with Crippen molar-refractivity contribution in [3.8, 4) is 5.82 Å². The van der Waals surface area contributed by atoms with Gasteiger partial charge in [0.1, 0.15) is 29.8 Å². The number of imide groups is 1. The van der Waals surface area contributed by atoms with Crippen LogP contribution in [-0.4, -0.2) is 74.4 Å². The van der Waals surface area contributed by atoms with Crippen LogP contribution in [0.2, 0.25) is 0 Å². The standard InChI is InChI=1S/C37H33F3N8O3/c1-22-42-31(18-32(43-22)47-20-30(41-21-47)37(38,39)40)46-15-13-45(14-16-46)19-24-7-5-23(6-8-24)17-25-9-10-28-34-26(25)3-2-4-27(34)36(51)48(28)29-11-12-33(49)44-35(29)50/h2-10,18,20-21,29H,11-17,19H2,1H3,(H,44,49,50)/t29-/m1/s1. The minimum absolute atomic E-state index is 0.195. The second-order valence-electron chi connectivity index (χ2n) is 13.2. The van der Waals surface area contributed by atoms with Gasteiger partial charge in [-0.1, -0.05) is 42.5 Å². The summed E-state index contributed by atoms with van der Waals surface area (Å²) in [6.07, 6.45) is -1.32. The van der Waals surface area contributed by atoms with Crippen LogP contribution in [-0.2, 0) is 28.7 Å². The van der Waals surface area contributed by atoms with Crippen LogP contribution in [0.4, 0.5) is 24.7 Å². The van der Waals surface area contributed by atoms with E-state index in [9.17, 15) is 27.6 Å². The van der Waals surface area contributed by atoms with Gasteiger partial charge in [-0.15, -0.1) is 0 Å². The molecule has 2 fully saturated rings. The van der Waals surface area contributed by atoms with Crippen LogP contribution in [0.5, 0.6) is 0 Å². The Morgan fingerprint density at radius 1 is 0.902 bits per heavy atom. The molecule has 0 aliphatic carbocycles. The Morgan fingerprint density at radius 2 is 1.65 bits per heavy atom. The number of amides is 3. The van der Waals surface area contributed by atoms with E-state index >= 15 is 0 Å². The first-order chi connectivity index (χ1) is 24.5. The lowest BCUT2D eigenvalue weighted by molar-refractivity contribution is -0.141. The Morgan fingerprint density at radius 3 is 2.37 bits per heavy atom. The van der Waals surface area contributed by atoms with Gasteiger partial charge in [0.15, 0.2) is 5.69 Å². The number of imidazole rings is 1. The fraction of sp³-hybridized carbons (Fsp3) is 0.297. The summed E-state index contributed by atoms with van der Waals surface area (Å²) in [6, 6.07) is 19.1. The maximum atomic E-state index is 13.5. The highest BCUT2D eigenvalue weighted by atomic mass is 19.4. The summed E-state index contributed by atoms with van der Waals surface area (Å²) in [5, 5.41) is 4.18. The van der Waals surface area contributed by atoms with Crippen molar-refractivity contribution in [2.24, 2.45) is 0 Å². The largest absolute Gasteiger partial charge is 0.434 e. The molecule has 11 nitrogen and oxygen atoms in total. The van der Waals surface area contributed by atoms with Gasteiger partial charge in [-0.25, -0.2) is 15.0 Å². The molecule has 3 amide bonds. The lowest BCUT2D eigenvalue weighted by Crippen LogP contribution is -2.53. The van der Waals surface area contributed by atoms with Crippen LogP contribution in [0.1, 0.15) is 51.4 Å². The van der Waals surface area contributed by atoms with Crippen LogP contribution in [0.3, 0.4) is 0 Å². The van der Waals surface area contributed by atoms with E-state index in [1.807, 2.05) is 24.3 Å². The molecule has 0 bridgehead atoms. The third kappa shape index (κ3) is 6.20. The lowest BCUT2D eigenvalue weighted by Gasteiger charge is -2.35. The van der Waals surface area contributed by atoms with E-state index in [0.29, 0.717) is 54.6 Å². The SMILES string of the molecule is Cc1nc(N2CCN(Cc3ccc(Cc4ccc5c6c(cccc46)C(=O)N5[C@@H]4CCC(=O)NC4=O)cc3)CC2)cc(-n2cnc(C(F)(F)F)c2)n1. The molecule has 1 atom stereocenters. The molecule has 3 aliphatic heterocycles. The number of benzene rings is 3. The number of aryl methyl sites for hydroxylation is 1. The molecule has 3 aromatic carbocycles. The van der Waals surface area contributed by atoms with Crippen molar-refractivity contribution in [2.75, 3.05) is 36.0 Å². The number of hydrogen-bond acceptors (Lipinski definition) is 8. The van der Waals surface area contributed by atoms with Crippen LogP contribution < -0.4 is 15.1 Å². The number of carbonyl (C=O) groups is 3. The van der Waals surface area contributed by atoms with Crippen LogP contribution in [0.15, 0.2) is 73.2 Å². The van der Waals surface area contributed by atoms with Crippen molar-refractivity contribution >= 4 is 40.0 Å². The van der Waals surface area contributed by atoms with Crippen molar-refractivity contribution in [1.82, 2.24) is 29.7 Å². The second kappa shape index (κ2) is 12.6. The molecule has 260 valence electrons. The number of piperazine rings is 1. The van der Waals surface area contributed by atoms with Gasteiger partial charge in [0.2, 0.25) is 11.8 Å². The first-order valence-electron chi connectivity index (χ1n) is 16.8. The van der Waals surface area contributed by atoms with E-state index in [-0.39, 0.29) is 18.2 Å². The molecule has 51 heavy (non-hydrogen) atoms. The number of piperidine rings is 1. The van der Waals surface area contributed by atoms with E-state index in [0.717, 1.165) is 54.1 Å². The predicted octanol–water partition coefficient (Wildman–Crippen LogP) is 4.82. The molecule has 1 N–H and O–H groups in total. The number of nitrogens with zero attached hydrogens (tertiary/aromatic N) is 7. The molecular formula is C37H33F3N8O3. The topological polar surface area (TPSA) is 117 Å². The summed E-state index contributed by atoms with van der Waals surface area (Å²) in [5.41, 5.74) is 3.68. The highest BCUT2D eigenvalue weighted by molar-refractivity contribution is 6.27. The normalized spacial score (nSPS) is 18.2. The molecule has 14 heteroatoms. The number of alkyl halides is 3. The van der Waals surface area contributed by atoms with Gasteiger partial charge in [0.05, 0.1) is 5.69 Å². The number of rotatable bonds is 7. The average molecular weight is 695 g/mol. The fourth-order valence-corrected chi connectivity index (χ4v) is 7.26. The van der Waals surface area contributed by atoms with Gasteiger partial charge >= 0.3 is 6.18 Å². The summed E-state index contributed by atoms with van der Waals surface area (Å²) in [5.74, 6) is 0.486. The van der Waals surface area contributed by atoms with Gasteiger partial charge in [0, 0.05) is 62.4 Å². The maximum absolute atomic E-state index is 13.5. The Kier molecular flexibility index (Phi) is 8.05. The lowest BCUT2D eigenvalue weighted by atomic mass is 9.95. The molecule has 2 saturated heterocycles. The third-order valence-corrected chi connectivity index (χ3v) is 9.81. The fourth-order valence-electron chi connectivity index (χ4n) is 7.26. The van der Waals surface area contributed by atoms with Crippen molar-refractivity contribution < 1.29 is 27.6 Å². The summed E-state index contributed by atoms with van der Waals surface area (Å²) in [7, 11) is 0. The molecule has 0 spiro atoms. The number of halogens is 3. The Labute approximate surface area is 290 Å². The van der Waals surface area contributed by atoms with Crippen molar-refractivity contribution in [2.45, 2.75) is 44.9 Å². The number of hydrogen-bond donors (Lipinski definition) is 1. The maximum Gasteiger partial charge on any atom is 0.434 e. The molecular weight excluding hydrogens is 661 g/mol. The summed E-state index contributed by atoms with van der Waals surface area (Å²) < 4.78 is 40.5. The zero-order valence-corrected chi connectivity index (χ0v) is 27.7. The van der Waals surface area contributed by atoms with Crippen LogP contribution in [0.25, 0.3) is 16.6 Å². The molecule has 2 aromatic heterocycles. The monoisotopic (exact) mass is 694 g/mol. The first-order valence-corrected chi connectivity index (χ1v) is 16.8. The third-order valence-electron chi connectivity index (χ3n) is 9.81. The van der Waals surface area contributed by atoms with Crippen molar-refractivity contribution in [3.05, 3.63) is 107 Å².